The van der Waals surface area contributed by atoms with Gasteiger partial charge < -0.3 is 33.8 Å². The van der Waals surface area contributed by atoms with Crippen molar-refractivity contribution >= 4 is 39.5 Å². The fourth-order valence-electron chi connectivity index (χ4n) is 12.0. The highest BCUT2D eigenvalue weighted by molar-refractivity contribution is 7.47. The molecule has 3 N–H and O–H groups in total. The van der Waals surface area contributed by atoms with Crippen molar-refractivity contribution in [1.29, 1.82) is 0 Å². The number of rotatable bonds is 76. The molecule has 0 spiro atoms. The summed E-state index contributed by atoms with van der Waals surface area (Å²) in [6.07, 6.45) is 54.2. The second-order valence-corrected chi connectivity index (χ2v) is 33.0. The van der Waals surface area contributed by atoms with E-state index in [-0.39, 0.29) is 25.7 Å². The summed E-state index contributed by atoms with van der Waals surface area (Å²) >= 11 is 0. The SMILES string of the molecule is CCC(C)CCCCCCCCCCCCC(=O)O[C@H](COC(=O)CCCCCCCCC(C)C)COP(=O)(O)OC[C@H](O)COP(=O)(O)OC[C@@H](COC(=O)CCCCCCCCCCCCCCCCCCC(C)C)OC(=O)CCCCCCCCCCCCCCCC(C)C. The van der Waals surface area contributed by atoms with Crippen LogP contribution in [-0.2, 0) is 65.4 Å². The predicted molar refractivity (Wildman–Crippen MR) is 400 cm³/mol. The molecule has 98 heavy (non-hydrogen) atoms. The molecule has 0 saturated carbocycles. The van der Waals surface area contributed by atoms with E-state index in [4.69, 9.17) is 37.0 Å². The quantitative estimate of drug-likeness (QED) is 0.0222. The number of hydrogen-bond acceptors (Lipinski definition) is 15. The van der Waals surface area contributed by atoms with Crippen LogP contribution in [0.15, 0.2) is 0 Å². The maximum atomic E-state index is 13.1. The van der Waals surface area contributed by atoms with Crippen LogP contribution in [0.3, 0.4) is 0 Å². The van der Waals surface area contributed by atoms with Gasteiger partial charge in [-0.05, 0) is 49.4 Å². The average Bonchev–Trinajstić information content (AvgIpc) is 1.06. The molecule has 3 unspecified atom stereocenters. The van der Waals surface area contributed by atoms with Crippen LogP contribution in [0.4, 0.5) is 0 Å². The number of unbranched alkanes of at least 4 members (excludes halogenated alkanes) is 41. The summed E-state index contributed by atoms with van der Waals surface area (Å²) in [7, 11) is -9.92. The normalized spacial score (nSPS) is 14.3. The molecule has 19 heteroatoms. The van der Waals surface area contributed by atoms with E-state index < -0.39 is 97.5 Å². The number of carbonyl (C=O) groups is 4. The van der Waals surface area contributed by atoms with Gasteiger partial charge in [0.05, 0.1) is 26.4 Å². The maximum absolute atomic E-state index is 13.1. The molecule has 0 radical (unpaired) electrons. The van der Waals surface area contributed by atoms with E-state index in [9.17, 15) is 43.2 Å². The van der Waals surface area contributed by atoms with Gasteiger partial charge in [-0.15, -0.1) is 0 Å². The zero-order chi connectivity index (χ0) is 72.4. The monoisotopic (exact) mass is 1440 g/mol. The molecule has 0 fully saturated rings. The van der Waals surface area contributed by atoms with Gasteiger partial charge in [0.15, 0.2) is 12.2 Å². The summed E-state index contributed by atoms with van der Waals surface area (Å²) in [6, 6.07) is 0. The summed E-state index contributed by atoms with van der Waals surface area (Å²) in [5, 5.41) is 10.6. The molecular weight excluding hydrogens is 1280 g/mol. The highest BCUT2D eigenvalue weighted by Gasteiger charge is 2.30. The lowest BCUT2D eigenvalue weighted by Crippen LogP contribution is -2.30. The Morgan fingerprint density at radius 1 is 0.286 bits per heavy atom. The fourth-order valence-corrected chi connectivity index (χ4v) is 13.6. The minimum atomic E-state index is -4.96. The highest BCUT2D eigenvalue weighted by atomic mass is 31.2. The van der Waals surface area contributed by atoms with Gasteiger partial charge in [-0.1, -0.05) is 351 Å². The molecule has 0 aromatic heterocycles. The third-order valence-corrected chi connectivity index (χ3v) is 20.6. The zero-order valence-electron chi connectivity index (χ0n) is 64.4. The summed E-state index contributed by atoms with van der Waals surface area (Å²) in [4.78, 5) is 72.9. The predicted octanol–water partition coefficient (Wildman–Crippen LogP) is 23.2. The molecule has 0 aromatic carbocycles. The van der Waals surface area contributed by atoms with E-state index in [1.54, 1.807) is 0 Å². The Morgan fingerprint density at radius 3 is 0.724 bits per heavy atom. The van der Waals surface area contributed by atoms with E-state index in [0.717, 1.165) is 114 Å². The first kappa shape index (κ1) is 96.1. The number of phosphoric ester groups is 2. The first-order valence-corrected chi connectivity index (χ1v) is 43.7. The van der Waals surface area contributed by atoms with Crippen molar-refractivity contribution in [3.05, 3.63) is 0 Å². The van der Waals surface area contributed by atoms with Crippen LogP contribution in [0.25, 0.3) is 0 Å². The van der Waals surface area contributed by atoms with Gasteiger partial charge in [0.25, 0.3) is 0 Å². The smallest absolute Gasteiger partial charge is 0.462 e. The first-order chi connectivity index (χ1) is 47.1. The zero-order valence-corrected chi connectivity index (χ0v) is 66.2. The Kier molecular flexibility index (Phi) is 66.8. The van der Waals surface area contributed by atoms with Gasteiger partial charge in [-0.3, -0.25) is 37.3 Å². The summed E-state index contributed by atoms with van der Waals surface area (Å²) in [5.41, 5.74) is 0. The summed E-state index contributed by atoms with van der Waals surface area (Å²) < 4.78 is 68.6. The number of phosphoric acid groups is 2. The maximum Gasteiger partial charge on any atom is 0.472 e. The molecule has 0 amide bonds. The van der Waals surface area contributed by atoms with Crippen molar-refractivity contribution in [2.75, 3.05) is 39.6 Å². The van der Waals surface area contributed by atoms with Gasteiger partial charge in [0, 0.05) is 25.7 Å². The van der Waals surface area contributed by atoms with E-state index in [0.29, 0.717) is 31.6 Å². The van der Waals surface area contributed by atoms with Crippen molar-refractivity contribution in [2.24, 2.45) is 23.7 Å². The third kappa shape index (κ3) is 71.1. The molecule has 17 nitrogen and oxygen atoms in total. The number of carbonyl (C=O) groups excluding carboxylic acids is 4. The molecule has 0 bridgehead atoms. The van der Waals surface area contributed by atoms with E-state index in [2.05, 4.69) is 55.4 Å². The summed E-state index contributed by atoms with van der Waals surface area (Å²) in [5.74, 6) is 0.963. The number of aliphatic hydroxyl groups excluding tert-OH is 1. The minimum Gasteiger partial charge on any atom is -0.462 e. The minimum absolute atomic E-state index is 0.105. The van der Waals surface area contributed by atoms with Gasteiger partial charge in [0.2, 0.25) is 0 Å². The molecule has 6 atom stereocenters. The lowest BCUT2D eigenvalue weighted by molar-refractivity contribution is -0.161. The largest absolute Gasteiger partial charge is 0.472 e. The number of aliphatic hydroxyl groups is 1. The van der Waals surface area contributed by atoms with Crippen molar-refractivity contribution in [3.63, 3.8) is 0 Å². The van der Waals surface area contributed by atoms with Crippen LogP contribution in [0.5, 0.6) is 0 Å². The highest BCUT2D eigenvalue weighted by Crippen LogP contribution is 2.45. The molecular formula is C79H154O17P2. The molecule has 0 aliphatic heterocycles. The van der Waals surface area contributed by atoms with Gasteiger partial charge in [-0.2, -0.15) is 0 Å². The van der Waals surface area contributed by atoms with Crippen molar-refractivity contribution < 1.29 is 80.2 Å². The van der Waals surface area contributed by atoms with Gasteiger partial charge in [-0.25, -0.2) is 9.13 Å². The van der Waals surface area contributed by atoms with Gasteiger partial charge in [0.1, 0.15) is 19.3 Å². The molecule has 0 saturated heterocycles. The lowest BCUT2D eigenvalue weighted by Gasteiger charge is -2.21. The second-order valence-electron chi connectivity index (χ2n) is 30.1. The Labute approximate surface area is 600 Å². The number of hydrogen-bond donors (Lipinski definition) is 3. The topological polar surface area (TPSA) is 237 Å². The van der Waals surface area contributed by atoms with Crippen LogP contribution in [-0.4, -0.2) is 96.7 Å². The first-order valence-electron chi connectivity index (χ1n) is 40.7. The Bertz CT molecular complexity index is 1920. The molecule has 0 aliphatic carbocycles. The number of esters is 4. The van der Waals surface area contributed by atoms with Crippen LogP contribution in [0, 0.1) is 23.7 Å². The standard InChI is InChI=1S/C79H154O17P2/c1-9-72(8)58-50-42-33-27-23-24-30-36-46-54-62-79(84)96-75(66-90-77(82)60-52-44-38-37-41-49-57-71(6)7)68-94-98(87,88)92-64-73(80)63-91-97(85,86)93-67-74(95-78(83)61-53-45-35-29-22-18-14-16-20-26-32-40-48-56-70(4)5)65-89-76(81)59-51-43-34-28-21-17-13-11-10-12-15-19-25-31-39-47-55-69(2)3/h69-75,80H,9-68H2,1-8H3,(H,85,86)(H,87,88)/t72?,73-,74-,75-/m1/s1. The lowest BCUT2D eigenvalue weighted by atomic mass is 9.99. The van der Waals surface area contributed by atoms with E-state index in [1.165, 1.54) is 199 Å². The number of ether oxygens (including phenoxy) is 4. The Morgan fingerprint density at radius 2 is 0.490 bits per heavy atom. The Balaban J connectivity index is 5.23. The third-order valence-electron chi connectivity index (χ3n) is 18.7. The second kappa shape index (κ2) is 68.2. The van der Waals surface area contributed by atoms with Crippen LogP contribution in [0.2, 0.25) is 0 Å². The van der Waals surface area contributed by atoms with Crippen molar-refractivity contribution in [2.45, 2.75) is 420 Å². The molecule has 0 aliphatic rings. The molecule has 0 heterocycles. The fraction of sp³-hybridized carbons (Fsp3) is 0.949. The van der Waals surface area contributed by atoms with Gasteiger partial charge >= 0.3 is 39.5 Å². The van der Waals surface area contributed by atoms with Crippen LogP contribution < -0.4 is 0 Å². The molecule has 0 rings (SSSR count). The van der Waals surface area contributed by atoms with E-state index in [1.807, 2.05) is 0 Å². The van der Waals surface area contributed by atoms with Crippen molar-refractivity contribution in [1.82, 2.24) is 0 Å². The Hall–Kier alpha value is -1.94. The summed E-state index contributed by atoms with van der Waals surface area (Å²) in [6.45, 7) is 14.2. The van der Waals surface area contributed by atoms with Crippen molar-refractivity contribution in [3.8, 4) is 0 Å². The van der Waals surface area contributed by atoms with Crippen LogP contribution >= 0.6 is 15.6 Å². The molecule has 0 aromatic rings. The van der Waals surface area contributed by atoms with Crippen LogP contribution in [0.1, 0.15) is 402 Å². The molecule has 582 valence electrons. The average molecular weight is 1440 g/mol. The van der Waals surface area contributed by atoms with E-state index >= 15 is 0 Å².